The Bertz CT molecular complexity index is 62.6. The molecule has 0 rings (SSSR count). The molecule has 0 saturated carbocycles. The normalized spacial score (nSPS) is 13.7. The third-order valence-electron chi connectivity index (χ3n) is 0.254. The molecule has 0 spiro atoms. The second-order valence-corrected chi connectivity index (χ2v) is 1.27. The molecule has 3 nitrogen and oxygen atoms in total. The van der Waals surface area contributed by atoms with Gasteiger partial charge in [-0.15, -0.1) is 12.6 Å². The summed E-state index contributed by atoms with van der Waals surface area (Å²) >= 11 is 3.27. The second-order valence-electron chi connectivity index (χ2n) is 0.776. The highest BCUT2D eigenvalue weighted by Crippen LogP contribution is 1.81. The molecule has 0 saturated heterocycles. The highest BCUT2D eigenvalue weighted by atomic mass is 32.1. The van der Waals surface area contributed by atoms with Crippen molar-refractivity contribution in [2.75, 3.05) is 0 Å². The van der Waals surface area contributed by atoms with Crippen molar-refractivity contribution in [2.24, 2.45) is 5.73 Å². The number of nitrogens with two attached hydrogens (primary N) is 1. The van der Waals surface area contributed by atoms with Crippen molar-refractivity contribution in [2.45, 2.75) is 5.44 Å². The molecule has 1 unspecified atom stereocenters. The van der Waals surface area contributed by atoms with Crippen LogP contribution in [-0.2, 0) is 4.79 Å². The van der Waals surface area contributed by atoms with Crippen LogP contribution < -0.4 is 5.73 Å². The number of aliphatic hydroxyl groups excluding tert-OH is 1. The Kier molecular flexibility index (Phi) is 1.97. The number of aliphatic hydroxyl groups is 1. The van der Waals surface area contributed by atoms with E-state index in [1.165, 1.54) is 0 Å². The van der Waals surface area contributed by atoms with Gasteiger partial charge in [-0.1, -0.05) is 0 Å². The van der Waals surface area contributed by atoms with Gasteiger partial charge in [0.05, 0.1) is 0 Å². The lowest BCUT2D eigenvalue weighted by Crippen LogP contribution is -2.22. The van der Waals surface area contributed by atoms with E-state index in [1.807, 2.05) is 0 Å². The van der Waals surface area contributed by atoms with Crippen LogP contribution in [0.1, 0.15) is 0 Å². The summed E-state index contributed by atoms with van der Waals surface area (Å²) in [6.45, 7) is 0. The molecule has 1 atom stereocenters. The van der Waals surface area contributed by atoms with Crippen molar-refractivity contribution >= 4 is 18.5 Å². The molecular formula is C2H5NO2S. The quantitative estimate of drug-likeness (QED) is 0.288. The van der Waals surface area contributed by atoms with E-state index in [1.54, 1.807) is 0 Å². The second kappa shape index (κ2) is 2.04. The van der Waals surface area contributed by atoms with Crippen LogP contribution in [-0.4, -0.2) is 16.4 Å². The molecule has 0 aliphatic heterocycles. The molecule has 1 amide bonds. The van der Waals surface area contributed by atoms with Crippen molar-refractivity contribution in [1.29, 1.82) is 0 Å². The van der Waals surface area contributed by atoms with Gasteiger partial charge in [-0.3, -0.25) is 4.79 Å². The number of hydrogen-bond acceptors (Lipinski definition) is 3. The van der Waals surface area contributed by atoms with Crippen molar-refractivity contribution < 1.29 is 9.90 Å². The smallest absolute Gasteiger partial charge is 0.256 e. The molecule has 0 heterocycles. The zero-order valence-corrected chi connectivity index (χ0v) is 3.85. The Morgan fingerprint density at radius 2 is 2.17 bits per heavy atom. The summed E-state index contributed by atoms with van der Waals surface area (Å²) in [5.41, 5.74) is 3.16. The average Bonchev–Trinajstić information content (AvgIpc) is 1.36. The van der Waals surface area contributed by atoms with E-state index in [0.29, 0.717) is 0 Å². The van der Waals surface area contributed by atoms with Crippen LogP contribution in [0.3, 0.4) is 0 Å². The van der Waals surface area contributed by atoms with Crippen molar-refractivity contribution in [1.82, 2.24) is 0 Å². The summed E-state index contributed by atoms with van der Waals surface area (Å²) in [7, 11) is 0. The Hall–Kier alpha value is -0.220. The lowest BCUT2D eigenvalue weighted by molar-refractivity contribution is -0.122. The van der Waals surface area contributed by atoms with Gasteiger partial charge in [0.1, 0.15) is 0 Å². The summed E-state index contributed by atoms with van der Waals surface area (Å²) in [5.74, 6) is -0.821. The summed E-state index contributed by atoms with van der Waals surface area (Å²) in [6, 6.07) is 0. The molecule has 0 radical (unpaired) electrons. The molecule has 0 aromatic heterocycles. The lowest BCUT2D eigenvalue weighted by atomic mass is 10.7. The summed E-state index contributed by atoms with van der Waals surface area (Å²) in [6.07, 6.45) is 0. The monoisotopic (exact) mass is 107 g/mol. The maximum Gasteiger partial charge on any atom is 0.256 e. The molecule has 36 valence electrons. The predicted octanol–water partition coefficient (Wildman–Crippen LogP) is -1.28. The Labute approximate surface area is 40.6 Å². The molecular weight excluding hydrogens is 102 g/mol. The van der Waals surface area contributed by atoms with Gasteiger partial charge >= 0.3 is 0 Å². The minimum absolute atomic E-state index is 0.821. The fourth-order valence-corrected chi connectivity index (χ4v) is 0. The van der Waals surface area contributed by atoms with E-state index in [2.05, 4.69) is 18.4 Å². The Balaban J connectivity index is 3.26. The number of amides is 1. The van der Waals surface area contributed by atoms with Gasteiger partial charge in [-0.25, -0.2) is 0 Å². The van der Waals surface area contributed by atoms with E-state index in [4.69, 9.17) is 5.11 Å². The van der Waals surface area contributed by atoms with E-state index in [9.17, 15) is 4.79 Å². The molecule has 0 aliphatic carbocycles. The first-order chi connectivity index (χ1) is 2.64. The summed E-state index contributed by atoms with van der Waals surface area (Å²) in [5, 5.41) is 8.02. The van der Waals surface area contributed by atoms with Crippen LogP contribution in [0.25, 0.3) is 0 Å². The number of thiol groups is 1. The third kappa shape index (κ3) is 2.04. The van der Waals surface area contributed by atoms with Crippen molar-refractivity contribution in [3.63, 3.8) is 0 Å². The van der Waals surface area contributed by atoms with Crippen LogP contribution in [0.5, 0.6) is 0 Å². The molecule has 0 fully saturated rings. The van der Waals surface area contributed by atoms with Crippen LogP contribution in [0.4, 0.5) is 0 Å². The minimum Gasteiger partial charge on any atom is -0.373 e. The van der Waals surface area contributed by atoms with Crippen molar-refractivity contribution in [3.8, 4) is 0 Å². The topological polar surface area (TPSA) is 63.3 Å². The molecule has 0 bridgehead atoms. The highest BCUT2D eigenvalue weighted by Gasteiger charge is 1.99. The molecule has 0 aliphatic rings. The van der Waals surface area contributed by atoms with Gasteiger partial charge in [0, 0.05) is 0 Å². The first kappa shape index (κ1) is 5.78. The molecule has 6 heavy (non-hydrogen) atoms. The SMILES string of the molecule is NC(=O)C(O)S. The van der Waals surface area contributed by atoms with E-state index in [-0.39, 0.29) is 0 Å². The van der Waals surface area contributed by atoms with Gasteiger partial charge in [-0.05, 0) is 0 Å². The molecule has 4 heteroatoms. The average molecular weight is 107 g/mol. The van der Waals surface area contributed by atoms with Crippen LogP contribution in [0, 0.1) is 0 Å². The first-order valence-corrected chi connectivity index (χ1v) is 1.81. The number of hydrogen-bond donors (Lipinski definition) is 3. The van der Waals surface area contributed by atoms with Crippen LogP contribution >= 0.6 is 12.6 Å². The van der Waals surface area contributed by atoms with Crippen molar-refractivity contribution in [3.05, 3.63) is 0 Å². The Morgan fingerprint density at radius 3 is 2.17 bits per heavy atom. The number of primary amides is 1. The van der Waals surface area contributed by atoms with Gasteiger partial charge in [-0.2, -0.15) is 0 Å². The first-order valence-electron chi connectivity index (χ1n) is 1.30. The van der Waals surface area contributed by atoms with Crippen LogP contribution in [0.2, 0.25) is 0 Å². The number of rotatable bonds is 1. The van der Waals surface area contributed by atoms with Crippen LogP contribution in [0.15, 0.2) is 0 Å². The fourth-order valence-electron chi connectivity index (χ4n) is 0. The maximum absolute atomic E-state index is 9.59. The number of carbonyl (C=O) groups excluding carboxylic acids is 1. The molecule has 3 N–H and O–H groups in total. The largest absolute Gasteiger partial charge is 0.373 e. The zero-order chi connectivity index (χ0) is 5.15. The standard InChI is InChI=1S/C2H5NO2S/c3-1(4)2(5)6/h2,5-6H,(H2,3,4). The maximum atomic E-state index is 9.59. The summed E-state index contributed by atoms with van der Waals surface area (Å²) < 4.78 is 0. The molecule has 0 aromatic carbocycles. The van der Waals surface area contributed by atoms with E-state index in [0.717, 1.165) is 0 Å². The Morgan fingerprint density at radius 1 is 2.00 bits per heavy atom. The minimum atomic E-state index is -1.31. The van der Waals surface area contributed by atoms with Gasteiger partial charge in [0.25, 0.3) is 5.91 Å². The summed E-state index contributed by atoms with van der Waals surface area (Å²) in [4.78, 5) is 9.59. The molecule has 0 aromatic rings. The lowest BCUT2D eigenvalue weighted by Gasteiger charge is -1.89. The third-order valence-corrected chi connectivity index (χ3v) is 0.509. The van der Waals surface area contributed by atoms with E-state index >= 15 is 0 Å². The highest BCUT2D eigenvalue weighted by molar-refractivity contribution is 7.81. The fraction of sp³-hybridized carbons (Fsp3) is 0.500. The van der Waals surface area contributed by atoms with Gasteiger partial charge in [0.2, 0.25) is 0 Å². The predicted molar refractivity (Wildman–Crippen MR) is 24.2 cm³/mol. The van der Waals surface area contributed by atoms with Gasteiger partial charge in [0.15, 0.2) is 5.44 Å². The number of carbonyl (C=O) groups is 1. The van der Waals surface area contributed by atoms with Gasteiger partial charge < -0.3 is 10.8 Å². The zero-order valence-electron chi connectivity index (χ0n) is 2.96. The van der Waals surface area contributed by atoms with E-state index < -0.39 is 11.3 Å².